The topological polar surface area (TPSA) is 35.5 Å². The molecule has 3 heterocycles. The average Bonchev–Trinajstić information content (AvgIpc) is 2.56. The first kappa shape index (κ1) is 15.5. The van der Waals surface area contributed by atoms with E-state index in [1.807, 2.05) is 19.0 Å². The van der Waals surface area contributed by atoms with Crippen LogP contribution in [0.4, 0.5) is 11.6 Å². The van der Waals surface area contributed by atoms with Crippen molar-refractivity contribution in [1.82, 2.24) is 14.9 Å². The van der Waals surface area contributed by atoms with E-state index in [0.717, 1.165) is 30.6 Å². The van der Waals surface area contributed by atoms with Crippen LogP contribution in [0.2, 0.25) is 0 Å². The Balaban J connectivity index is 1.61. The van der Waals surface area contributed by atoms with Crippen molar-refractivity contribution in [1.29, 1.82) is 0 Å². The number of nitrogens with zero attached hydrogens (tertiary/aromatic N) is 5. The summed E-state index contributed by atoms with van der Waals surface area (Å²) in [4.78, 5) is 16.0. The Morgan fingerprint density at radius 1 is 1.09 bits per heavy atom. The van der Waals surface area contributed by atoms with Gasteiger partial charge in [0.1, 0.15) is 18.0 Å². The molecule has 1 atom stereocenters. The van der Waals surface area contributed by atoms with Crippen LogP contribution in [-0.4, -0.2) is 61.7 Å². The van der Waals surface area contributed by atoms with Crippen LogP contribution in [0.15, 0.2) is 12.4 Å². The minimum absolute atomic E-state index is 0.782. The molecule has 122 valence electrons. The van der Waals surface area contributed by atoms with Gasteiger partial charge in [0.15, 0.2) is 0 Å². The van der Waals surface area contributed by atoms with Crippen molar-refractivity contribution in [2.75, 3.05) is 56.6 Å². The van der Waals surface area contributed by atoms with E-state index in [4.69, 9.17) is 0 Å². The monoisotopic (exact) mass is 303 g/mol. The van der Waals surface area contributed by atoms with Crippen LogP contribution in [0.25, 0.3) is 0 Å². The van der Waals surface area contributed by atoms with Crippen molar-refractivity contribution in [3.8, 4) is 0 Å². The zero-order valence-electron chi connectivity index (χ0n) is 14.0. The van der Waals surface area contributed by atoms with Crippen LogP contribution in [0.1, 0.15) is 32.1 Å². The normalized spacial score (nSPS) is 23.5. The Morgan fingerprint density at radius 2 is 1.91 bits per heavy atom. The van der Waals surface area contributed by atoms with Crippen LogP contribution in [0, 0.1) is 5.92 Å². The maximum atomic E-state index is 4.50. The molecular weight excluding hydrogens is 274 g/mol. The van der Waals surface area contributed by atoms with Gasteiger partial charge in [-0.15, -0.1) is 0 Å². The highest BCUT2D eigenvalue weighted by molar-refractivity contribution is 5.49. The van der Waals surface area contributed by atoms with Crippen LogP contribution in [-0.2, 0) is 0 Å². The maximum Gasteiger partial charge on any atom is 0.134 e. The molecule has 0 aliphatic carbocycles. The quantitative estimate of drug-likeness (QED) is 0.852. The van der Waals surface area contributed by atoms with E-state index in [9.17, 15) is 0 Å². The van der Waals surface area contributed by atoms with Gasteiger partial charge < -0.3 is 14.7 Å². The Bertz CT molecular complexity index is 470. The number of anilines is 2. The lowest BCUT2D eigenvalue weighted by Crippen LogP contribution is -2.42. The third-order valence-corrected chi connectivity index (χ3v) is 4.90. The molecule has 0 amide bonds. The van der Waals surface area contributed by atoms with Gasteiger partial charge in [0.25, 0.3) is 0 Å². The molecule has 2 saturated heterocycles. The molecule has 5 heteroatoms. The van der Waals surface area contributed by atoms with Crippen LogP contribution < -0.4 is 9.80 Å². The zero-order valence-corrected chi connectivity index (χ0v) is 14.0. The predicted octanol–water partition coefficient (Wildman–Crippen LogP) is 2.24. The number of piperidine rings is 2. The third kappa shape index (κ3) is 3.88. The van der Waals surface area contributed by atoms with E-state index in [1.165, 1.54) is 51.7 Å². The molecule has 0 aromatic carbocycles. The lowest BCUT2D eigenvalue weighted by molar-refractivity contribution is 0.185. The molecule has 5 nitrogen and oxygen atoms in total. The number of aromatic nitrogens is 2. The first-order chi connectivity index (χ1) is 10.7. The first-order valence-corrected chi connectivity index (χ1v) is 8.69. The Hall–Kier alpha value is -1.36. The number of hydrogen-bond donors (Lipinski definition) is 0. The van der Waals surface area contributed by atoms with Crippen molar-refractivity contribution < 1.29 is 0 Å². The second-order valence-corrected chi connectivity index (χ2v) is 6.94. The molecule has 2 aliphatic heterocycles. The standard InChI is InChI=1S/C17H29N5/c1-20(2)16-11-17(19-14-18-16)22-10-6-7-15(13-22)12-21-8-4-3-5-9-21/h11,14-15H,3-10,12-13H2,1-2H3/t15-/m1/s1. The second-order valence-electron chi connectivity index (χ2n) is 6.94. The minimum Gasteiger partial charge on any atom is -0.363 e. The second kappa shape index (κ2) is 7.27. The van der Waals surface area contributed by atoms with Crippen molar-refractivity contribution in [3.05, 3.63) is 12.4 Å². The molecule has 3 rings (SSSR count). The summed E-state index contributed by atoms with van der Waals surface area (Å²) < 4.78 is 0. The van der Waals surface area contributed by atoms with Crippen LogP contribution in [0.3, 0.4) is 0 Å². The smallest absolute Gasteiger partial charge is 0.134 e. The summed E-state index contributed by atoms with van der Waals surface area (Å²) in [5, 5.41) is 0. The van der Waals surface area contributed by atoms with E-state index in [1.54, 1.807) is 6.33 Å². The van der Waals surface area contributed by atoms with Crippen LogP contribution in [0.5, 0.6) is 0 Å². The highest BCUT2D eigenvalue weighted by atomic mass is 15.2. The van der Waals surface area contributed by atoms with Gasteiger partial charge in [-0.1, -0.05) is 6.42 Å². The van der Waals surface area contributed by atoms with Crippen LogP contribution >= 0.6 is 0 Å². The lowest BCUT2D eigenvalue weighted by atomic mass is 9.96. The number of hydrogen-bond acceptors (Lipinski definition) is 5. The minimum atomic E-state index is 0.782. The van der Waals surface area contributed by atoms with Gasteiger partial charge in [0.05, 0.1) is 0 Å². The van der Waals surface area contributed by atoms with E-state index in [2.05, 4.69) is 25.8 Å². The summed E-state index contributed by atoms with van der Waals surface area (Å²) in [6, 6.07) is 2.11. The van der Waals surface area contributed by atoms with Gasteiger partial charge in [-0.05, 0) is 44.7 Å². The van der Waals surface area contributed by atoms with Gasteiger partial charge in [0.2, 0.25) is 0 Å². The molecule has 0 saturated carbocycles. The highest BCUT2D eigenvalue weighted by Crippen LogP contribution is 2.24. The van der Waals surface area contributed by atoms with E-state index >= 15 is 0 Å². The summed E-state index contributed by atoms with van der Waals surface area (Å²) in [7, 11) is 4.06. The zero-order chi connectivity index (χ0) is 15.4. The summed E-state index contributed by atoms with van der Waals surface area (Å²) in [5.41, 5.74) is 0. The van der Waals surface area contributed by atoms with Crippen molar-refractivity contribution in [2.24, 2.45) is 5.92 Å². The molecule has 0 radical (unpaired) electrons. The molecule has 22 heavy (non-hydrogen) atoms. The molecule has 0 unspecified atom stereocenters. The van der Waals surface area contributed by atoms with E-state index < -0.39 is 0 Å². The third-order valence-electron chi connectivity index (χ3n) is 4.90. The van der Waals surface area contributed by atoms with Crippen molar-refractivity contribution >= 4 is 11.6 Å². The van der Waals surface area contributed by atoms with E-state index in [0.29, 0.717) is 0 Å². The van der Waals surface area contributed by atoms with E-state index in [-0.39, 0.29) is 0 Å². The molecule has 1 aromatic heterocycles. The summed E-state index contributed by atoms with van der Waals surface area (Å²) in [6.07, 6.45) is 8.52. The fraction of sp³-hybridized carbons (Fsp3) is 0.765. The first-order valence-electron chi connectivity index (χ1n) is 8.69. The average molecular weight is 303 g/mol. The lowest BCUT2D eigenvalue weighted by Gasteiger charge is -2.37. The molecule has 2 aliphatic rings. The van der Waals surface area contributed by atoms with Gasteiger partial charge in [-0.3, -0.25) is 0 Å². The molecule has 0 bridgehead atoms. The number of likely N-dealkylation sites (tertiary alicyclic amines) is 1. The van der Waals surface area contributed by atoms with Gasteiger partial charge in [0, 0.05) is 39.8 Å². The molecule has 0 N–H and O–H groups in total. The summed E-state index contributed by atoms with van der Waals surface area (Å²) in [6.45, 7) is 6.13. The summed E-state index contributed by atoms with van der Waals surface area (Å²) >= 11 is 0. The van der Waals surface area contributed by atoms with Gasteiger partial charge in [-0.25, -0.2) is 9.97 Å². The Morgan fingerprint density at radius 3 is 2.68 bits per heavy atom. The fourth-order valence-corrected chi connectivity index (χ4v) is 3.68. The molecule has 2 fully saturated rings. The molecular formula is C17H29N5. The Labute approximate surface area is 134 Å². The predicted molar refractivity (Wildman–Crippen MR) is 91.6 cm³/mol. The van der Waals surface area contributed by atoms with Crippen molar-refractivity contribution in [3.63, 3.8) is 0 Å². The fourth-order valence-electron chi connectivity index (χ4n) is 3.68. The maximum absolute atomic E-state index is 4.50. The van der Waals surface area contributed by atoms with Gasteiger partial charge in [-0.2, -0.15) is 0 Å². The highest BCUT2D eigenvalue weighted by Gasteiger charge is 2.24. The largest absolute Gasteiger partial charge is 0.363 e. The number of rotatable bonds is 4. The van der Waals surface area contributed by atoms with Crippen molar-refractivity contribution in [2.45, 2.75) is 32.1 Å². The summed E-state index contributed by atoms with van der Waals surface area (Å²) in [5.74, 6) is 2.86. The van der Waals surface area contributed by atoms with Gasteiger partial charge >= 0.3 is 0 Å². The SMILES string of the molecule is CN(C)c1cc(N2CCC[C@H](CN3CCCCC3)C2)ncn1. The Kier molecular flexibility index (Phi) is 5.13. The molecule has 1 aromatic rings. The molecule has 0 spiro atoms.